The van der Waals surface area contributed by atoms with Crippen LogP contribution in [0.5, 0.6) is 0 Å². The second kappa shape index (κ2) is 9.43. The Morgan fingerprint density at radius 1 is 0.971 bits per heavy atom. The second-order valence-electron chi connectivity index (χ2n) is 9.02. The van der Waals surface area contributed by atoms with Crippen LogP contribution in [0, 0.1) is 12.8 Å². The molecule has 2 atom stereocenters. The number of carbonyl (C=O) groups excluding carboxylic acids is 3. The number of nitrogens with one attached hydrogen (secondary N) is 2. The van der Waals surface area contributed by atoms with Crippen molar-refractivity contribution in [1.82, 2.24) is 5.32 Å². The van der Waals surface area contributed by atoms with E-state index in [0.29, 0.717) is 30.1 Å². The number of benzene rings is 2. The van der Waals surface area contributed by atoms with Crippen molar-refractivity contribution in [3.05, 3.63) is 82.0 Å². The van der Waals surface area contributed by atoms with Crippen molar-refractivity contribution in [1.29, 1.82) is 0 Å². The molecule has 1 saturated carbocycles. The fourth-order valence-corrected chi connectivity index (χ4v) is 5.28. The van der Waals surface area contributed by atoms with Crippen LogP contribution in [0.2, 0.25) is 0 Å². The lowest BCUT2D eigenvalue weighted by molar-refractivity contribution is -0.125. The summed E-state index contributed by atoms with van der Waals surface area (Å²) in [5.41, 5.74) is 3.13. The largest absolute Gasteiger partial charge is 0.349 e. The third-order valence-corrected chi connectivity index (χ3v) is 7.35. The summed E-state index contributed by atoms with van der Waals surface area (Å²) in [5.74, 6) is -0.580. The van der Waals surface area contributed by atoms with Crippen LogP contribution in [0.3, 0.4) is 0 Å². The van der Waals surface area contributed by atoms with E-state index in [-0.39, 0.29) is 23.8 Å². The third-order valence-electron chi connectivity index (χ3n) is 6.41. The fourth-order valence-electron chi connectivity index (χ4n) is 4.40. The number of thiophene rings is 1. The number of nitrogens with zero attached hydrogens (tertiary/aromatic N) is 1. The molecular formula is C27H27N3O3S. The lowest BCUT2D eigenvalue weighted by atomic mass is 9.86. The molecule has 0 unspecified atom stereocenters. The Morgan fingerprint density at radius 3 is 2.35 bits per heavy atom. The standard InChI is InChI=1S/C27H27N3O3S/c1-17-4-12-21(13-5-17)30-24(31)15-14-22(25(30)23-3-2-16-34-23)27(33)29-19-8-6-18(7-9-19)26(32)28-20-10-11-20/h2-9,12-13,16,20,22,25H,10-11,14-15H2,1H3,(H,28,32)(H,29,33)/t22-,25-/m1/s1. The molecule has 2 heterocycles. The molecular weight excluding hydrogens is 446 g/mol. The van der Waals surface area contributed by atoms with Gasteiger partial charge < -0.3 is 15.5 Å². The van der Waals surface area contributed by atoms with Crippen LogP contribution in [-0.4, -0.2) is 23.8 Å². The van der Waals surface area contributed by atoms with Gasteiger partial charge in [-0.3, -0.25) is 14.4 Å². The molecule has 0 spiro atoms. The lowest BCUT2D eigenvalue weighted by Crippen LogP contribution is -2.46. The number of hydrogen-bond acceptors (Lipinski definition) is 4. The molecule has 1 aliphatic carbocycles. The smallest absolute Gasteiger partial charge is 0.251 e. The Bertz CT molecular complexity index is 1180. The highest BCUT2D eigenvalue weighted by Gasteiger charge is 2.42. The summed E-state index contributed by atoms with van der Waals surface area (Å²) in [7, 11) is 0. The van der Waals surface area contributed by atoms with Gasteiger partial charge in [0, 0.05) is 34.3 Å². The normalized spacial score (nSPS) is 20.1. The van der Waals surface area contributed by atoms with E-state index in [1.807, 2.05) is 48.7 Å². The van der Waals surface area contributed by atoms with Crippen LogP contribution in [-0.2, 0) is 9.59 Å². The van der Waals surface area contributed by atoms with Gasteiger partial charge in [0.2, 0.25) is 11.8 Å². The van der Waals surface area contributed by atoms with Gasteiger partial charge in [-0.1, -0.05) is 23.8 Å². The van der Waals surface area contributed by atoms with Crippen molar-refractivity contribution < 1.29 is 14.4 Å². The third kappa shape index (κ3) is 4.75. The number of amides is 3. The van der Waals surface area contributed by atoms with E-state index in [0.717, 1.165) is 29.0 Å². The van der Waals surface area contributed by atoms with Crippen LogP contribution in [0.1, 0.15) is 52.5 Å². The maximum Gasteiger partial charge on any atom is 0.251 e. The maximum atomic E-state index is 13.5. The zero-order chi connectivity index (χ0) is 23.7. The average Bonchev–Trinajstić information content (AvgIpc) is 3.48. The summed E-state index contributed by atoms with van der Waals surface area (Å²) in [4.78, 5) is 41.5. The van der Waals surface area contributed by atoms with Crippen molar-refractivity contribution in [2.75, 3.05) is 10.2 Å². The summed E-state index contributed by atoms with van der Waals surface area (Å²) in [6, 6.07) is 18.7. The summed E-state index contributed by atoms with van der Waals surface area (Å²) in [6.07, 6.45) is 2.87. The van der Waals surface area contributed by atoms with Gasteiger partial charge in [0.25, 0.3) is 5.91 Å². The molecule has 1 aromatic heterocycles. The minimum absolute atomic E-state index is 0.0253. The van der Waals surface area contributed by atoms with E-state index in [2.05, 4.69) is 10.6 Å². The molecule has 2 N–H and O–H groups in total. The summed E-state index contributed by atoms with van der Waals surface area (Å²) in [6.45, 7) is 2.01. The Balaban J connectivity index is 1.37. The number of rotatable bonds is 6. The molecule has 6 nitrogen and oxygen atoms in total. The first-order valence-corrected chi connectivity index (χ1v) is 12.5. The van der Waals surface area contributed by atoms with Crippen LogP contribution in [0.25, 0.3) is 0 Å². The molecule has 174 valence electrons. The van der Waals surface area contributed by atoms with E-state index in [4.69, 9.17) is 0 Å². The van der Waals surface area contributed by atoms with Crippen molar-refractivity contribution in [2.24, 2.45) is 5.92 Å². The number of carbonyl (C=O) groups is 3. The zero-order valence-electron chi connectivity index (χ0n) is 19.0. The van der Waals surface area contributed by atoms with Gasteiger partial charge in [-0.2, -0.15) is 0 Å². The minimum Gasteiger partial charge on any atom is -0.349 e. The van der Waals surface area contributed by atoms with Crippen molar-refractivity contribution in [3.63, 3.8) is 0 Å². The van der Waals surface area contributed by atoms with Crippen molar-refractivity contribution >= 4 is 40.4 Å². The van der Waals surface area contributed by atoms with E-state index >= 15 is 0 Å². The molecule has 1 aliphatic heterocycles. The predicted molar refractivity (Wildman–Crippen MR) is 134 cm³/mol. The fraction of sp³-hybridized carbons (Fsp3) is 0.296. The Morgan fingerprint density at radius 2 is 1.71 bits per heavy atom. The molecule has 3 amide bonds. The molecule has 0 bridgehead atoms. The van der Waals surface area contributed by atoms with Gasteiger partial charge in [0.05, 0.1) is 12.0 Å². The topological polar surface area (TPSA) is 78.5 Å². The summed E-state index contributed by atoms with van der Waals surface area (Å²) < 4.78 is 0. The first kappa shape index (κ1) is 22.3. The Labute approximate surface area is 203 Å². The Hall–Kier alpha value is -3.45. The highest BCUT2D eigenvalue weighted by atomic mass is 32.1. The molecule has 2 fully saturated rings. The molecule has 7 heteroatoms. The van der Waals surface area contributed by atoms with Gasteiger partial charge in [-0.15, -0.1) is 11.3 Å². The lowest BCUT2D eigenvalue weighted by Gasteiger charge is -2.40. The van der Waals surface area contributed by atoms with Crippen LogP contribution < -0.4 is 15.5 Å². The van der Waals surface area contributed by atoms with Crippen LogP contribution >= 0.6 is 11.3 Å². The average molecular weight is 474 g/mol. The van der Waals surface area contributed by atoms with E-state index < -0.39 is 5.92 Å². The van der Waals surface area contributed by atoms with Gasteiger partial charge in [0.15, 0.2) is 0 Å². The van der Waals surface area contributed by atoms with Gasteiger partial charge in [0.1, 0.15) is 0 Å². The number of aryl methyl sites for hydroxylation is 1. The van der Waals surface area contributed by atoms with E-state index in [9.17, 15) is 14.4 Å². The van der Waals surface area contributed by atoms with E-state index in [1.165, 1.54) is 0 Å². The quantitative estimate of drug-likeness (QED) is 0.525. The minimum atomic E-state index is -0.393. The maximum absolute atomic E-state index is 13.5. The molecule has 1 saturated heterocycles. The number of anilines is 2. The van der Waals surface area contributed by atoms with Gasteiger partial charge in [-0.05, 0) is 74.0 Å². The van der Waals surface area contributed by atoms with E-state index in [1.54, 1.807) is 40.5 Å². The van der Waals surface area contributed by atoms with Crippen molar-refractivity contribution in [3.8, 4) is 0 Å². The monoisotopic (exact) mass is 473 g/mol. The summed E-state index contributed by atoms with van der Waals surface area (Å²) >= 11 is 1.56. The SMILES string of the molecule is Cc1ccc(N2C(=O)CC[C@@H](C(=O)Nc3ccc(C(=O)NC4CC4)cc3)[C@@H]2c2cccs2)cc1. The summed E-state index contributed by atoms with van der Waals surface area (Å²) in [5, 5.41) is 7.96. The molecule has 2 aliphatic rings. The van der Waals surface area contributed by atoms with Crippen LogP contribution in [0.4, 0.5) is 11.4 Å². The van der Waals surface area contributed by atoms with Gasteiger partial charge in [-0.25, -0.2) is 0 Å². The predicted octanol–water partition coefficient (Wildman–Crippen LogP) is 5.07. The molecule has 34 heavy (non-hydrogen) atoms. The second-order valence-corrected chi connectivity index (χ2v) is 10.00. The van der Waals surface area contributed by atoms with Crippen LogP contribution in [0.15, 0.2) is 66.0 Å². The zero-order valence-corrected chi connectivity index (χ0v) is 19.8. The van der Waals surface area contributed by atoms with Crippen molar-refractivity contribution in [2.45, 2.75) is 44.7 Å². The first-order chi connectivity index (χ1) is 16.5. The van der Waals surface area contributed by atoms with Gasteiger partial charge >= 0.3 is 0 Å². The molecule has 3 aromatic rings. The highest BCUT2D eigenvalue weighted by molar-refractivity contribution is 7.10. The highest BCUT2D eigenvalue weighted by Crippen LogP contribution is 2.42. The molecule has 5 rings (SSSR count). The molecule has 2 aromatic carbocycles. The Kier molecular flexibility index (Phi) is 6.20. The molecule has 0 radical (unpaired) electrons. The number of hydrogen-bond donors (Lipinski definition) is 2. The first-order valence-electron chi connectivity index (χ1n) is 11.6. The number of piperidine rings is 1.